The fourth-order valence-corrected chi connectivity index (χ4v) is 5.82. The Labute approximate surface area is 131 Å². The molecule has 0 radical (unpaired) electrons. The molecule has 0 amide bonds. The summed E-state index contributed by atoms with van der Waals surface area (Å²) in [7, 11) is 0. The molecule has 3 nitrogen and oxygen atoms in total. The van der Waals surface area contributed by atoms with Crippen molar-refractivity contribution in [1.29, 1.82) is 0 Å². The maximum absolute atomic E-state index is 12.4. The number of fused-ring (bicyclic) bond motifs is 5. The Hall–Kier alpha value is -1.22. The average molecular weight is 300 g/mol. The number of rotatable bonds is 1. The second-order valence-electron chi connectivity index (χ2n) is 7.91. The van der Waals surface area contributed by atoms with Gasteiger partial charge in [-0.2, -0.15) is 0 Å². The largest absolute Gasteiger partial charge is 0.395 e. The van der Waals surface area contributed by atoms with Crippen LogP contribution in [-0.2, 0) is 9.59 Å². The summed E-state index contributed by atoms with van der Waals surface area (Å²) in [5, 5.41) is 9.92. The minimum atomic E-state index is -0.608. The van der Waals surface area contributed by atoms with Gasteiger partial charge in [0.2, 0.25) is 0 Å². The molecule has 1 N–H and O–H groups in total. The van der Waals surface area contributed by atoms with Crippen LogP contribution in [0.2, 0.25) is 0 Å². The zero-order chi connectivity index (χ0) is 15.5. The van der Waals surface area contributed by atoms with Gasteiger partial charge in [-0.15, -0.1) is 0 Å². The Balaban J connectivity index is 1.77. The molecule has 0 aromatic carbocycles. The Kier molecular flexibility index (Phi) is 3.03. The van der Waals surface area contributed by atoms with Gasteiger partial charge in [0.25, 0.3) is 0 Å². The number of ketones is 2. The third-order valence-electron chi connectivity index (χ3n) is 7.15. The highest BCUT2D eigenvalue weighted by Gasteiger charge is 2.58. The molecule has 0 aliphatic heterocycles. The standard InChI is InChI=1S/C19H24O3/c1-18-8-6-13(21)10-12(18)2-3-14-15(18)7-9-19(11-20)16(14)4-5-17(19)22/h7,9-10,14-16,20H,2-6,8,11H2,1H3/t14-,15+,16+,18+,19-/m1/s1. The maximum atomic E-state index is 12.4. The number of aliphatic hydroxyl groups excluding tert-OH is 1. The smallest absolute Gasteiger partial charge is 0.155 e. The quantitative estimate of drug-likeness (QED) is 0.758. The van der Waals surface area contributed by atoms with Crippen LogP contribution in [0.3, 0.4) is 0 Å². The summed E-state index contributed by atoms with van der Waals surface area (Å²) in [6.45, 7) is 2.25. The van der Waals surface area contributed by atoms with E-state index in [9.17, 15) is 14.7 Å². The van der Waals surface area contributed by atoms with E-state index in [0.29, 0.717) is 24.7 Å². The van der Waals surface area contributed by atoms with Crippen molar-refractivity contribution in [3.8, 4) is 0 Å². The minimum Gasteiger partial charge on any atom is -0.395 e. The van der Waals surface area contributed by atoms with Gasteiger partial charge in [0, 0.05) is 12.8 Å². The molecule has 2 saturated carbocycles. The molecule has 0 spiro atoms. The summed E-state index contributed by atoms with van der Waals surface area (Å²) in [6, 6.07) is 0. The van der Waals surface area contributed by atoms with Crippen LogP contribution in [-0.4, -0.2) is 23.3 Å². The van der Waals surface area contributed by atoms with Crippen LogP contribution < -0.4 is 0 Å². The topological polar surface area (TPSA) is 54.4 Å². The first-order valence-corrected chi connectivity index (χ1v) is 8.59. The van der Waals surface area contributed by atoms with Gasteiger partial charge in [-0.3, -0.25) is 9.59 Å². The van der Waals surface area contributed by atoms with Crippen molar-refractivity contribution in [2.24, 2.45) is 28.6 Å². The molecule has 0 bridgehead atoms. The summed E-state index contributed by atoms with van der Waals surface area (Å²) >= 11 is 0. The number of aliphatic hydroxyl groups is 1. The predicted octanol–water partition coefficient (Wildman–Crippen LogP) is 2.84. The van der Waals surface area contributed by atoms with E-state index in [0.717, 1.165) is 25.7 Å². The van der Waals surface area contributed by atoms with E-state index in [1.54, 1.807) is 0 Å². The Bertz CT molecular complexity index is 602. The first kappa shape index (κ1) is 14.4. The van der Waals surface area contributed by atoms with Crippen molar-refractivity contribution in [2.75, 3.05) is 6.61 Å². The molecule has 4 aliphatic rings. The highest BCUT2D eigenvalue weighted by Crippen LogP contribution is 2.61. The highest BCUT2D eigenvalue weighted by atomic mass is 16.3. The Morgan fingerprint density at radius 3 is 2.82 bits per heavy atom. The van der Waals surface area contributed by atoms with Crippen molar-refractivity contribution in [3.63, 3.8) is 0 Å². The third-order valence-corrected chi connectivity index (χ3v) is 7.15. The number of carbonyl (C=O) groups excluding carboxylic acids is 2. The van der Waals surface area contributed by atoms with E-state index in [1.807, 2.05) is 12.2 Å². The van der Waals surface area contributed by atoms with Crippen molar-refractivity contribution >= 4 is 11.6 Å². The van der Waals surface area contributed by atoms with Gasteiger partial charge in [0.15, 0.2) is 5.78 Å². The van der Waals surface area contributed by atoms with Crippen LogP contribution in [0.15, 0.2) is 23.8 Å². The van der Waals surface area contributed by atoms with Crippen molar-refractivity contribution in [1.82, 2.24) is 0 Å². The molecule has 0 saturated heterocycles. The van der Waals surface area contributed by atoms with Crippen molar-refractivity contribution in [3.05, 3.63) is 23.8 Å². The van der Waals surface area contributed by atoms with Gasteiger partial charge in [-0.05, 0) is 54.9 Å². The molecule has 2 fully saturated rings. The first-order valence-electron chi connectivity index (χ1n) is 8.59. The molecule has 118 valence electrons. The Morgan fingerprint density at radius 1 is 1.23 bits per heavy atom. The molecule has 4 rings (SSSR count). The van der Waals surface area contributed by atoms with E-state index in [1.165, 1.54) is 5.57 Å². The number of carbonyl (C=O) groups is 2. The third kappa shape index (κ3) is 1.66. The second-order valence-corrected chi connectivity index (χ2v) is 7.91. The maximum Gasteiger partial charge on any atom is 0.155 e. The zero-order valence-corrected chi connectivity index (χ0v) is 13.2. The lowest BCUT2D eigenvalue weighted by Crippen LogP contribution is -2.50. The summed E-state index contributed by atoms with van der Waals surface area (Å²) in [6.07, 6.45) is 11.2. The number of hydrogen-bond donors (Lipinski definition) is 1. The summed E-state index contributed by atoms with van der Waals surface area (Å²) in [5.74, 6) is 1.66. The monoisotopic (exact) mass is 300 g/mol. The first-order chi connectivity index (χ1) is 10.5. The molecular formula is C19H24O3. The molecule has 0 heterocycles. The minimum absolute atomic E-state index is 0.0475. The van der Waals surface area contributed by atoms with E-state index in [-0.39, 0.29) is 29.5 Å². The van der Waals surface area contributed by atoms with Crippen LogP contribution >= 0.6 is 0 Å². The van der Waals surface area contributed by atoms with E-state index >= 15 is 0 Å². The Morgan fingerprint density at radius 2 is 2.05 bits per heavy atom. The molecular weight excluding hydrogens is 276 g/mol. The lowest BCUT2D eigenvalue weighted by Gasteiger charge is -2.54. The van der Waals surface area contributed by atoms with Gasteiger partial charge in [-0.25, -0.2) is 0 Å². The molecule has 5 atom stereocenters. The average Bonchev–Trinajstić information content (AvgIpc) is 2.86. The molecule has 0 aromatic heterocycles. The van der Waals surface area contributed by atoms with Crippen LogP contribution in [0.5, 0.6) is 0 Å². The summed E-state index contributed by atoms with van der Waals surface area (Å²) in [5.41, 5.74) is 0.777. The number of hydrogen-bond acceptors (Lipinski definition) is 3. The lowest BCUT2D eigenvalue weighted by molar-refractivity contribution is -0.128. The van der Waals surface area contributed by atoms with Gasteiger partial charge >= 0.3 is 0 Å². The summed E-state index contributed by atoms with van der Waals surface area (Å²) in [4.78, 5) is 24.1. The summed E-state index contributed by atoms with van der Waals surface area (Å²) < 4.78 is 0. The van der Waals surface area contributed by atoms with Crippen LogP contribution in [0.25, 0.3) is 0 Å². The second kappa shape index (κ2) is 4.64. The van der Waals surface area contributed by atoms with E-state index in [4.69, 9.17) is 0 Å². The molecule has 4 aliphatic carbocycles. The number of Topliss-reactive ketones (excluding diaryl/α,β-unsaturated/α-hetero) is 1. The molecule has 0 unspecified atom stereocenters. The molecule has 22 heavy (non-hydrogen) atoms. The lowest BCUT2D eigenvalue weighted by atomic mass is 9.49. The van der Waals surface area contributed by atoms with E-state index < -0.39 is 5.41 Å². The predicted molar refractivity (Wildman–Crippen MR) is 83.0 cm³/mol. The highest BCUT2D eigenvalue weighted by molar-refractivity contribution is 5.92. The van der Waals surface area contributed by atoms with Crippen LogP contribution in [0.4, 0.5) is 0 Å². The van der Waals surface area contributed by atoms with Crippen molar-refractivity contribution in [2.45, 2.75) is 45.4 Å². The van der Waals surface area contributed by atoms with Crippen molar-refractivity contribution < 1.29 is 14.7 Å². The van der Waals surface area contributed by atoms with Gasteiger partial charge in [0.05, 0.1) is 12.0 Å². The normalized spacial score (nSPS) is 46.8. The molecule has 0 aromatic rings. The zero-order valence-electron chi connectivity index (χ0n) is 13.2. The number of allylic oxidation sites excluding steroid dienone is 3. The van der Waals surface area contributed by atoms with Gasteiger partial charge in [-0.1, -0.05) is 24.6 Å². The van der Waals surface area contributed by atoms with E-state index in [2.05, 4.69) is 13.0 Å². The van der Waals surface area contributed by atoms with Crippen LogP contribution in [0.1, 0.15) is 45.4 Å². The van der Waals surface area contributed by atoms with Gasteiger partial charge < -0.3 is 5.11 Å². The van der Waals surface area contributed by atoms with Crippen LogP contribution in [0, 0.1) is 28.6 Å². The fourth-order valence-electron chi connectivity index (χ4n) is 5.82. The fraction of sp³-hybridized carbons (Fsp3) is 0.684. The SMILES string of the molecule is C[C@]12CCC(=O)C=C1CC[C@@H]1[C@@H]2C=C[C@]2(CO)C(=O)CC[C@@H]12. The molecule has 3 heteroatoms. The van der Waals surface area contributed by atoms with Gasteiger partial charge in [0.1, 0.15) is 5.78 Å².